The minimum absolute atomic E-state index is 0.367. The Morgan fingerprint density at radius 3 is 2.64 bits per heavy atom. The Kier molecular flexibility index (Phi) is 5.83. The zero-order valence-corrected chi connectivity index (χ0v) is 19.2. The van der Waals surface area contributed by atoms with Crippen molar-refractivity contribution >= 4 is 33.3 Å². The van der Waals surface area contributed by atoms with Gasteiger partial charge in [-0.2, -0.15) is 0 Å². The third kappa shape index (κ3) is 4.47. The van der Waals surface area contributed by atoms with Gasteiger partial charge in [-0.3, -0.25) is 0 Å². The van der Waals surface area contributed by atoms with Crippen molar-refractivity contribution in [3.63, 3.8) is 0 Å². The van der Waals surface area contributed by atoms with Gasteiger partial charge in [0.25, 0.3) is 0 Å². The van der Waals surface area contributed by atoms with Crippen molar-refractivity contribution in [2.75, 3.05) is 32.2 Å². The largest absolute Gasteiger partial charge is 0.486 e. The summed E-state index contributed by atoms with van der Waals surface area (Å²) in [4.78, 5) is 23.4. The molecule has 0 aliphatic carbocycles. The second-order valence-electron chi connectivity index (χ2n) is 7.70. The number of hydrogen-bond acceptors (Lipinski definition) is 8. The zero-order valence-electron chi connectivity index (χ0n) is 18.4. The maximum absolute atomic E-state index is 11.7. The van der Waals surface area contributed by atoms with Crippen molar-refractivity contribution in [3.05, 3.63) is 64.5 Å². The molecular formula is C25H23N3O4S. The number of aromatic nitrogens is 2. The summed E-state index contributed by atoms with van der Waals surface area (Å²) in [6, 6.07) is 15.3. The van der Waals surface area contributed by atoms with Crippen LogP contribution in [0.5, 0.6) is 11.5 Å². The first kappa shape index (κ1) is 21.2. The molecule has 4 aromatic rings. The lowest BCUT2D eigenvalue weighted by Gasteiger charge is -2.19. The molecule has 0 unspecified atom stereocenters. The van der Waals surface area contributed by atoms with Gasteiger partial charge in [-0.25, -0.2) is 14.8 Å². The molecule has 0 saturated heterocycles. The Bertz CT molecular complexity index is 1320. The molecule has 7 nitrogen and oxygen atoms in total. The monoisotopic (exact) mass is 461 g/mol. The summed E-state index contributed by atoms with van der Waals surface area (Å²) in [5, 5.41) is 4.50. The summed E-state index contributed by atoms with van der Waals surface area (Å²) in [6.45, 7) is 3.94. The number of nitrogens with one attached hydrogen (secondary N) is 1. The highest BCUT2D eigenvalue weighted by molar-refractivity contribution is 7.18. The molecule has 0 amide bonds. The van der Waals surface area contributed by atoms with E-state index in [0.717, 1.165) is 45.1 Å². The van der Waals surface area contributed by atoms with E-state index in [1.165, 1.54) is 12.0 Å². The predicted octanol–water partition coefficient (Wildman–Crippen LogP) is 4.88. The fourth-order valence-electron chi connectivity index (χ4n) is 3.75. The van der Waals surface area contributed by atoms with E-state index < -0.39 is 0 Å². The van der Waals surface area contributed by atoms with Crippen LogP contribution < -0.4 is 14.8 Å². The van der Waals surface area contributed by atoms with Gasteiger partial charge < -0.3 is 19.5 Å². The maximum atomic E-state index is 11.7. The number of methoxy groups -OCH3 is 1. The molecule has 5 rings (SSSR count). The first-order valence-corrected chi connectivity index (χ1v) is 11.5. The second kappa shape index (κ2) is 9.07. The first-order chi connectivity index (χ1) is 16.1. The molecule has 2 aromatic heterocycles. The fraction of sp³-hybridized carbons (Fsp3) is 0.240. The van der Waals surface area contributed by atoms with Crippen molar-refractivity contribution < 1.29 is 19.0 Å². The van der Waals surface area contributed by atoms with Gasteiger partial charge in [0.1, 0.15) is 23.9 Å². The van der Waals surface area contributed by atoms with E-state index in [4.69, 9.17) is 24.2 Å². The van der Waals surface area contributed by atoms with Crippen LogP contribution in [0.25, 0.3) is 21.6 Å². The molecule has 0 saturated carbocycles. The number of nitrogens with zero attached hydrogens (tertiary/aromatic N) is 2. The first-order valence-electron chi connectivity index (χ1n) is 10.7. The molecule has 0 spiro atoms. The van der Waals surface area contributed by atoms with Crippen molar-refractivity contribution in [1.29, 1.82) is 0 Å². The number of esters is 1. The molecule has 0 atom stereocenters. The molecule has 0 fully saturated rings. The van der Waals surface area contributed by atoms with Gasteiger partial charge in [0, 0.05) is 17.0 Å². The number of hydrogen-bond donors (Lipinski definition) is 1. The second-order valence-corrected chi connectivity index (χ2v) is 8.93. The van der Waals surface area contributed by atoms with Crippen LogP contribution in [0.15, 0.2) is 48.5 Å². The highest BCUT2D eigenvalue weighted by atomic mass is 32.1. The molecule has 0 bridgehead atoms. The van der Waals surface area contributed by atoms with Crippen LogP contribution >= 0.6 is 11.3 Å². The minimum Gasteiger partial charge on any atom is -0.486 e. The van der Waals surface area contributed by atoms with Crippen LogP contribution in [0.1, 0.15) is 20.8 Å². The lowest BCUT2D eigenvalue weighted by Crippen LogP contribution is -2.15. The number of ether oxygens (including phenoxy) is 3. The average Bonchev–Trinajstić information content (AvgIpc) is 3.24. The summed E-state index contributed by atoms with van der Waals surface area (Å²) >= 11 is 1.64. The number of fused-ring (bicyclic) bond motifs is 2. The molecule has 3 heterocycles. The molecule has 0 radical (unpaired) electrons. The molecule has 1 N–H and O–H groups in total. The number of carbonyl (C=O) groups is 1. The van der Waals surface area contributed by atoms with E-state index in [1.807, 2.05) is 24.3 Å². The Morgan fingerprint density at radius 2 is 1.85 bits per heavy atom. The standard InChI is InChI=1S/C25H23N3O4S/c1-15-13-19-23(26-10-9-16-3-8-20-21(14-16)32-12-11-31-20)27-22(28-24(19)33-15)17-4-6-18(7-5-17)25(29)30-2/h3-8,13-14H,9-12H2,1-2H3,(H,26,27,28). The van der Waals surface area contributed by atoms with Gasteiger partial charge in [-0.15, -0.1) is 11.3 Å². The fourth-order valence-corrected chi connectivity index (χ4v) is 4.63. The third-order valence-electron chi connectivity index (χ3n) is 5.39. The Hall–Kier alpha value is -3.65. The Balaban J connectivity index is 1.37. The average molecular weight is 462 g/mol. The number of carbonyl (C=O) groups excluding carboxylic acids is 1. The third-order valence-corrected chi connectivity index (χ3v) is 6.34. The molecule has 2 aromatic carbocycles. The number of aryl methyl sites for hydroxylation is 1. The maximum Gasteiger partial charge on any atom is 0.337 e. The van der Waals surface area contributed by atoms with Gasteiger partial charge in [-0.05, 0) is 49.2 Å². The summed E-state index contributed by atoms with van der Waals surface area (Å²) in [5.41, 5.74) is 2.50. The van der Waals surface area contributed by atoms with Gasteiger partial charge in [0.2, 0.25) is 0 Å². The smallest absolute Gasteiger partial charge is 0.337 e. The zero-order chi connectivity index (χ0) is 22.8. The SMILES string of the molecule is COC(=O)c1ccc(-c2nc(NCCc3ccc4c(c3)OCCO4)c3cc(C)sc3n2)cc1. The number of thiophene rings is 1. The molecule has 168 valence electrons. The van der Waals surface area contributed by atoms with Gasteiger partial charge in [-0.1, -0.05) is 18.2 Å². The predicted molar refractivity (Wildman–Crippen MR) is 129 cm³/mol. The van der Waals surface area contributed by atoms with Crippen LogP contribution in [-0.2, 0) is 11.2 Å². The van der Waals surface area contributed by atoms with Crippen LogP contribution in [0.3, 0.4) is 0 Å². The normalized spacial score (nSPS) is 12.5. The summed E-state index contributed by atoms with van der Waals surface area (Å²) in [7, 11) is 1.37. The van der Waals surface area contributed by atoms with E-state index in [-0.39, 0.29) is 5.97 Å². The molecular weight excluding hydrogens is 438 g/mol. The van der Waals surface area contributed by atoms with Gasteiger partial charge >= 0.3 is 5.97 Å². The van der Waals surface area contributed by atoms with Crippen LogP contribution in [0, 0.1) is 6.92 Å². The van der Waals surface area contributed by atoms with E-state index in [9.17, 15) is 4.79 Å². The highest BCUT2D eigenvalue weighted by Gasteiger charge is 2.14. The number of benzene rings is 2. The van der Waals surface area contributed by atoms with Crippen molar-refractivity contribution in [1.82, 2.24) is 9.97 Å². The van der Waals surface area contributed by atoms with E-state index in [1.54, 1.807) is 23.5 Å². The summed E-state index contributed by atoms with van der Waals surface area (Å²) in [6.07, 6.45) is 0.814. The lowest BCUT2D eigenvalue weighted by molar-refractivity contribution is 0.0600. The minimum atomic E-state index is -0.367. The molecule has 33 heavy (non-hydrogen) atoms. The van der Waals surface area contributed by atoms with Crippen molar-refractivity contribution in [2.24, 2.45) is 0 Å². The molecule has 8 heteroatoms. The van der Waals surface area contributed by atoms with E-state index in [2.05, 4.69) is 24.4 Å². The Labute approximate surface area is 195 Å². The van der Waals surface area contributed by atoms with Crippen molar-refractivity contribution in [2.45, 2.75) is 13.3 Å². The molecule has 1 aliphatic heterocycles. The van der Waals surface area contributed by atoms with Crippen molar-refractivity contribution in [3.8, 4) is 22.9 Å². The summed E-state index contributed by atoms with van der Waals surface area (Å²) in [5.74, 6) is 2.64. The molecule has 1 aliphatic rings. The number of rotatable bonds is 6. The van der Waals surface area contributed by atoms with Crippen LogP contribution in [0.2, 0.25) is 0 Å². The highest BCUT2D eigenvalue weighted by Crippen LogP contribution is 2.32. The Morgan fingerprint density at radius 1 is 1.06 bits per heavy atom. The number of anilines is 1. The van der Waals surface area contributed by atoms with Crippen LogP contribution in [-0.4, -0.2) is 42.8 Å². The van der Waals surface area contributed by atoms with E-state index >= 15 is 0 Å². The quantitative estimate of drug-likeness (QED) is 0.410. The van der Waals surface area contributed by atoms with Crippen LogP contribution in [0.4, 0.5) is 5.82 Å². The van der Waals surface area contributed by atoms with E-state index in [0.29, 0.717) is 31.1 Å². The lowest BCUT2D eigenvalue weighted by atomic mass is 10.1. The topological polar surface area (TPSA) is 82.6 Å². The van der Waals surface area contributed by atoms with Gasteiger partial charge in [0.15, 0.2) is 17.3 Å². The summed E-state index contributed by atoms with van der Waals surface area (Å²) < 4.78 is 16.1. The van der Waals surface area contributed by atoms with Gasteiger partial charge in [0.05, 0.1) is 18.1 Å².